The van der Waals surface area contributed by atoms with E-state index in [1.807, 2.05) is 0 Å². The molecule has 0 saturated heterocycles. The molecule has 2 atom stereocenters. The van der Waals surface area contributed by atoms with Gasteiger partial charge in [-0.15, -0.1) is 0 Å². The lowest BCUT2D eigenvalue weighted by Crippen LogP contribution is -2.53. The number of nitrogens with zero attached hydrogens (tertiary/aromatic N) is 1. The van der Waals surface area contributed by atoms with Crippen molar-refractivity contribution in [2.24, 2.45) is 0 Å². The first kappa shape index (κ1) is 22.2. The van der Waals surface area contributed by atoms with Crippen LogP contribution in [-0.2, 0) is 23.1 Å². The van der Waals surface area contributed by atoms with Crippen molar-refractivity contribution >= 4 is 13.7 Å². The van der Waals surface area contributed by atoms with Crippen molar-refractivity contribution in [3.05, 3.63) is 45.8 Å². The number of ether oxygens (including phenoxy) is 1. The Morgan fingerprint density at radius 3 is 2.38 bits per heavy atom. The molecule has 0 spiro atoms. The summed E-state index contributed by atoms with van der Waals surface area (Å²) in [5, 5.41) is 14.1. The summed E-state index contributed by atoms with van der Waals surface area (Å²) in [7, 11) is -3.04. The molecule has 9 nitrogen and oxygen atoms in total. The lowest BCUT2D eigenvalue weighted by Gasteiger charge is -2.31. The van der Waals surface area contributed by atoms with Crippen LogP contribution < -0.4 is 5.09 Å². The molecule has 0 amide bonds. The first-order valence-electron chi connectivity index (χ1n) is 7.79. The zero-order valence-corrected chi connectivity index (χ0v) is 15.8. The van der Waals surface area contributed by atoms with E-state index in [2.05, 4.69) is 9.82 Å². The zero-order valence-electron chi connectivity index (χ0n) is 14.9. The predicted molar refractivity (Wildman–Crippen MR) is 90.6 cm³/mol. The van der Waals surface area contributed by atoms with Gasteiger partial charge in [-0.05, 0) is 31.5 Å². The number of nitrogens with one attached hydrogen (secondary N) is 1. The second-order valence-electron chi connectivity index (χ2n) is 5.35. The van der Waals surface area contributed by atoms with Crippen LogP contribution in [0.25, 0.3) is 0 Å². The minimum atomic E-state index is -4.03. The quantitative estimate of drug-likeness (QED) is 0.280. The van der Waals surface area contributed by atoms with Crippen molar-refractivity contribution in [1.82, 2.24) is 5.09 Å². The molecular formula is C15H22FN2O7P. The lowest BCUT2D eigenvalue weighted by molar-refractivity contribution is -0.556. The number of rotatable bonds is 10. The van der Waals surface area contributed by atoms with Gasteiger partial charge in [-0.3, -0.25) is 19.2 Å². The number of halogens is 1. The van der Waals surface area contributed by atoms with Crippen LogP contribution in [0.2, 0.25) is 0 Å². The van der Waals surface area contributed by atoms with Gasteiger partial charge < -0.3 is 4.74 Å². The van der Waals surface area contributed by atoms with Crippen LogP contribution in [-0.4, -0.2) is 36.8 Å². The molecular weight excluding hydrogens is 370 g/mol. The summed E-state index contributed by atoms with van der Waals surface area (Å²) in [6, 6.07) is 3.23. The molecule has 0 aliphatic rings. The molecule has 0 radical (unpaired) electrons. The van der Waals surface area contributed by atoms with Gasteiger partial charge in [-0.1, -0.05) is 12.1 Å². The maximum Gasteiger partial charge on any atom is 0.406 e. The molecule has 0 saturated carbocycles. The van der Waals surface area contributed by atoms with E-state index in [4.69, 9.17) is 9.05 Å². The molecule has 0 aliphatic carbocycles. The molecule has 1 aromatic carbocycles. The van der Waals surface area contributed by atoms with Crippen LogP contribution in [0.15, 0.2) is 24.3 Å². The topological polar surface area (TPSA) is 117 Å². The van der Waals surface area contributed by atoms with Crippen molar-refractivity contribution < 1.29 is 32.5 Å². The Bertz CT molecular complexity index is 692. The van der Waals surface area contributed by atoms with Gasteiger partial charge in [0.15, 0.2) is 0 Å². The van der Waals surface area contributed by atoms with E-state index in [1.165, 1.54) is 12.1 Å². The lowest BCUT2D eigenvalue weighted by atomic mass is 9.88. The van der Waals surface area contributed by atoms with Gasteiger partial charge in [0, 0.05) is 11.8 Å². The number of carbonyl (C=O) groups excluding carboxylic acids is 1. The van der Waals surface area contributed by atoms with E-state index in [9.17, 15) is 23.9 Å². The summed E-state index contributed by atoms with van der Waals surface area (Å²) in [6.07, 6.45) is 0. The molecule has 0 unspecified atom stereocenters. The van der Waals surface area contributed by atoms with Gasteiger partial charge in [0.2, 0.25) is 0 Å². The number of methoxy groups -OCH3 is 1. The maximum atomic E-state index is 13.7. The number of benzene rings is 1. The Labute approximate surface area is 150 Å². The Hall–Kier alpha value is -1.87. The highest BCUT2D eigenvalue weighted by atomic mass is 31.2. The largest absolute Gasteiger partial charge is 0.464 e. The van der Waals surface area contributed by atoms with Crippen LogP contribution in [0.1, 0.15) is 32.4 Å². The van der Waals surface area contributed by atoms with Gasteiger partial charge in [0.25, 0.3) is 0 Å². The number of hydrogen-bond acceptors (Lipinski definition) is 7. The van der Waals surface area contributed by atoms with Gasteiger partial charge in [-0.25, -0.2) is 18.8 Å². The second-order valence-corrected chi connectivity index (χ2v) is 7.12. The molecule has 26 heavy (non-hydrogen) atoms. The average molecular weight is 392 g/mol. The van der Waals surface area contributed by atoms with Gasteiger partial charge in [0.1, 0.15) is 11.9 Å². The highest BCUT2D eigenvalue weighted by Gasteiger charge is 2.57. The fourth-order valence-corrected chi connectivity index (χ4v) is 3.95. The molecule has 0 aromatic heterocycles. The first-order chi connectivity index (χ1) is 12.1. The number of nitro groups is 1. The number of carbonyl (C=O) groups is 1. The smallest absolute Gasteiger partial charge is 0.406 e. The molecule has 146 valence electrons. The van der Waals surface area contributed by atoms with E-state index < -0.39 is 36.0 Å². The molecule has 1 N–H and O–H groups in total. The summed E-state index contributed by atoms with van der Waals surface area (Å²) in [4.78, 5) is 23.0. The average Bonchev–Trinajstić information content (AvgIpc) is 2.58. The molecule has 0 bridgehead atoms. The highest BCUT2D eigenvalue weighted by Crippen LogP contribution is 2.48. The summed E-state index contributed by atoms with van der Waals surface area (Å²) in [5.74, 6) is -1.89. The monoisotopic (exact) mass is 392 g/mol. The predicted octanol–water partition coefficient (Wildman–Crippen LogP) is 2.85. The van der Waals surface area contributed by atoms with Crippen molar-refractivity contribution in [3.63, 3.8) is 0 Å². The third-order valence-electron chi connectivity index (χ3n) is 3.61. The summed E-state index contributed by atoms with van der Waals surface area (Å²) < 4.78 is 41.3. The Morgan fingerprint density at radius 1 is 1.38 bits per heavy atom. The standard InChI is InChI=1S/C15H22FN2O7P/c1-5-24-26(22,25-6-2)17-13(11-8-7-9-12(16)10-11)15(3,18(20)21)14(19)23-4/h7-10,13H,5-6H2,1-4H3,(H,17,22)/t13-,15-/m0/s1. The van der Waals surface area contributed by atoms with Crippen molar-refractivity contribution in [2.75, 3.05) is 20.3 Å². The molecule has 1 aromatic rings. The van der Waals surface area contributed by atoms with Gasteiger partial charge >= 0.3 is 19.3 Å². The van der Waals surface area contributed by atoms with E-state index >= 15 is 0 Å². The second kappa shape index (κ2) is 9.18. The normalized spacial score (nSPS) is 15.1. The Balaban J connectivity index is 3.54. The summed E-state index contributed by atoms with van der Waals surface area (Å²) in [6.45, 7) is 4.06. The van der Waals surface area contributed by atoms with Crippen molar-refractivity contribution in [2.45, 2.75) is 32.4 Å². The zero-order chi connectivity index (χ0) is 20.0. The highest BCUT2D eigenvalue weighted by molar-refractivity contribution is 7.51. The molecule has 1 rings (SSSR count). The van der Waals surface area contributed by atoms with E-state index in [1.54, 1.807) is 13.8 Å². The van der Waals surface area contributed by atoms with Crippen molar-refractivity contribution in [3.8, 4) is 0 Å². The van der Waals surface area contributed by atoms with Crippen molar-refractivity contribution in [1.29, 1.82) is 0 Å². The molecule has 0 fully saturated rings. The third kappa shape index (κ3) is 4.85. The number of esters is 1. The Morgan fingerprint density at radius 2 is 1.96 bits per heavy atom. The molecule has 11 heteroatoms. The van der Waals surface area contributed by atoms with Gasteiger partial charge in [0.05, 0.1) is 20.3 Å². The molecule has 0 heterocycles. The first-order valence-corrected chi connectivity index (χ1v) is 9.34. The molecule has 0 aliphatic heterocycles. The SMILES string of the molecule is CCOP(=O)(N[C@@H](c1cccc(F)c1)[C@@](C)(C(=O)OC)[N+](=O)[O-])OCC. The van der Waals surface area contributed by atoms with E-state index in [0.29, 0.717) is 0 Å². The van der Waals surface area contributed by atoms with Gasteiger partial charge in [-0.2, -0.15) is 0 Å². The van der Waals surface area contributed by atoms with E-state index in [0.717, 1.165) is 26.2 Å². The van der Waals surface area contributed by atoms with Crippen LogP contribution in [0, 0.1) is 15.9 Å². The summed E-state index contributed by atoms with van der Waals surface area (Å²) in [5.41, 5.74) is -2.42. The fraction of sp³-hybridized carbons (Fsp3) is 0.533. The fourth-order valence-electron chi connectivity index (χ4n) is 2.33. The van der Waals surface area contributed by atoms with Crippen LogP contribution >= 0.6 is 7.75 Å². The minimum Gasteiger partial charge on any atom is -0.464 e. The Kier molecular flexibility index (Phi) is 7.83. The third-order valence-corrected chi connectivity index (χ3v) is 5.38. The maximum absolute atomic E-state index is 13.7. The number of hydrogen-bond donors (Lipinski definition) is 1. The van der Waals surface area contributed by atoms with Crippen LogP contribution in [0.5, 0.6) is 0 Å². The van der Waals surface area contributed by atoms with Crippen LogP contribution in [0.4, 0.5) is 4.39 Å². The summed E-state index contributed by atoms with van der Waals surface area (Å²) >= 11 is 0. The van der Waals surface area contributed by atoms with E-state index in [-0.39, 0.29) is 18.8 Å². The minimum absolute atomic E-state index is 0.00855. The van der Waals surface area contributed by atoms with Crippen LogP contribution in [0.3, 0.4) is 0 Å².